The molecule has 98 valence electrons. The Balaban J connectivity index is 2.06. The second-order valence-corrected chi connectivity index (χ2v) is 5.26. The molecule has 0 fully saturated rings. The van der Waals surface area contributed by atoms with Crippen LogP contribution in [0.4, 0.5) is 4.39 Å². The van der Waals surface area contributed by atoms with Crippen molar-refractivity contribution < 1.29 is 4.39 Å². The number of halogens is 1. The first-order valence-corrected chi connectivity index (χ1v) is 6.81. The molecule has 0 N–H and O–H groups in total. The van der Waals surface area contributed by atoms with Crippen molar-refractivity contribution in [1.29, 1.82) is 0 Å². The molecule has 3 heteroatoms. The summed E-state index contributed by atoms with van der Waals surface area (Å²) >= 11 is 0. The largest absolute Gasteiger partial charge is 0.250 e. The summed E-state index contributed by atoms with van der Waals surface area (Å²) in [6, 6.07) is 16.4. The Morgan fingerprint density at radius 2 is 1.62 bits per heavy atom. The lowest BCUT2D eigenvalue weighted by Gasteiger charge is -2.05. The van der Waals surface area contributed by atoms with E-state index in [1.807, 2.05) is 12.1 Å². The lowest BCUT2D eigenvalue weighted by Crippen LogP contribution is -1.91. The van der Waals surface area contributed by atoms with E-state index in [1.54, 1.807) is 0 Å². The van der Waals surface area contributed by atoms with Crippen molar-refractivity contribution in [2.24, 2.45) is 0 Å². The first-order valence-electron chi connectivity index (χ1n) is 6.81. The van der Waals surface area contributed by atoms with Gasteiger partial charge in [0, 0.05) is 5.56 Å². The van der Waals surface area contributed by atoms with Crippen LogP contribution in [-0.4, -0.2) is 9.97 Å². The number of hydrogen-bond acceptors (Lipinski definition) is 2. The average molecular weight is 272 g/mol. The second kappa shape index (κ2) is 3.64. The zero-order valence-corrected chi connectivity index (χ0v) is 11.0. The normalized spacial score (nSPS) is 12.0. The molecule has 0 amide bonds. The van der Waals surface area contributed by atoms with Crippen LogP contribution in [0.1, 0.15) is 0 Å². The van der Waals surface area contributed by atoms with E-state index >= 15 is 0 Å². The van der Waals surface area contributed by atoms with Gasteiger partial charge >= 0.3 is 0 Å². The van der Waals surface area contributed by atoms with Gasteiger partial charge < -0.3 is 0 Å². The van der Waals surface area contributed by atoms with E-state index in [2.05, 4.69) is 46.4 Å². The van der Waals surface area contributed by atoms with Crippen molar-refractivity contribution in [1.82, 2.24) is 9.97 Å². The van der Waals surface area contributed by atoms with Crippen molar-refractivity contribution in [3.8, 4) is 22.3 Å². The fraction of sp³-hybridized carbons (Fsp3) is 0. The highest BCUT2D eigenvalue weighted by Crippen LogP contribution is 2.49. The zero-order valence-electron chi connectivity index (χ0n) is 11.0. The third-order valence-corrected chi connectivity index (χ3v) is 4.15. The fourth-order valence-electron chi connectivity index (χ4n) is 3.33. The van der Waals surface area contributed by atoms with Crippen LogP contribution in [0.2, 0.25) is 0 Å². The molecular formula is C18H9FN2. The molecule has 3 aromatic carbocycles. The van der Waals surface area contributed by atoms with Crippen molar-refractivity contribution >= 4 is 21.8 Å². The summed E-state index contributed by atoms with van der Waals surface area (Å²) in [5, 5.41) is 2.41. The van der Waals surface area contributed by atoms with Gasteiger partial charge in [-0.25, -0.2) is 9.97 Å². The van der Waals surface area contributed by atoms with Gasteiger partial charge in [-0.3, -0.25) is 0 Å². The monoisotopic (exact) mass is 272 g/mol. The maximum absolute atomic E-state index is 13.6. The minimum absolute atomic E-state index is 0.543. The van der Waals surface area contributed by atoms with Crippen LogP contribution in [0.25, 0.3) is 44.1 Å². The van der Waals surface area contributed by atoms with Crippen molar-refractivity contribution in [3.63, 3.8) is 0 Å². The van der Waals surface area contributed by atoms with Crippen LogP contribution >= 0.6 is 0 Å². The highest BCUT2D eigenvalue weighted by Gasteiger charge is 2.23. The van der Waals surface area contributed by atoms with Crippen molar-refractivity contribution in [3.05, 3.63) is 60.7 Å². The Morgan fingerprint density at radius 1 is 0.810 bits per heavy atom. The Labute approximate surface area is 119 Å². The minimum Gasteiger partial charge on any atom is -0.250 e. The van der Waals surface area contributed by atoms with Crippen molar-refractivity contribution in [2.45, 2.75) is 0 Å². The Morgan fingerprint density at radius 3 is 2.48 bits per heavy atom. The smallest absolute Gasteiger partial charge is 0.231 e. The number of aromatic nitrogens is 2. The quantitative estimate of drug-likeness (QED) is 0.412. The van der Waals surface area contributed by atoms with E-state index in [0.29, 0.717) is 5.52 Å². The molecule has 4 aromatic rings. The van der Waals surface area contributed by atoms with Gasteiger partial charge in [-0.1, -0.05) is 42.5 Å². The molecule has 0 saturated carbocycles. The molecule has 0 spiro atoms. The van der Waals surface area contributed by atoms with E-state index in [9.17, 15) is 4.39 Å². The topological polar surface area (TPSA) is 25.8 Å². The summed E-state index contributed by atoms with van der Waals surface area (Å²) in [7, 11) is 0. The predicted molar refractivity (Wildman–Crippen MR) is 81.4 cm³/mol. The molecule has 2 nitrogen and oxygen atoms in total. The van der Waals surface area contributed by atoms with Crippen LogP contribution in [0.3, 0.4) is 0 Å². The predicted octanol–water partition coefficient (Wildman–Crippen LogP) is 4.57. The van der Waals surface area contributed by atoms with Crippen LogP contribution in [-0.2, 0) is 0 Å². The van der Waals surface area contributed by atoms with Gasteiger partial charge in [0.25, 0.3) is 0 Å². The van der Waals surface area contributed by atoms with Gasteiger partial charge in [0.1, 0.15) is 5.52 Å². The fourth-order valence-corrected chi connectivity index (χ4v) is 3.33. The SMILES string of the molecule is Fc1cnc2ccc3c(c2n1)-c1cccc2cccc-3c12. The van der Waals surface area contributed by atoms with Gasteiger partial charge in [-0.15, -0.1) is 0 Å². The lowest BCUT2D eigenvalue weighted by molar-refractivity contribution is 0.583. The maximum Gasteiger partial charge on any atom is 0.231 e. The van der Waals surface area contributed by atoms with Gasteiger partial charge in [-0.05, 0) is 33.5 Å². The molecule has 0 aliphatic heterocycles. The summed E-state index contributed by atoms with van der Waals surface area (Å²) < 4.78 is 13.6. The molecule has 0 radical (unpaired) electrons. The molecule has 0 atom stereocenters. The third kappa shape index (κ3) is 1.30. The van der Waals surface area contributed by atoms with Crippen LogP contribution < -0.4 is 0 Å². The second-order valence-electron chi connectivity index (χ2n) is 5.26. The molecule has 1 heterocycles. The average Bonchev–Trinajstić information content (AvgIpc) is 2.85. The molecule has 0 unspecified atom stereocenters. The van der Waals surface area contributed by atoms with Crippen LogP contribution in [0.15, 0.2) is 54.7 Å². The first-order chi connectivity index (χ1) is 10.3. The van der Waals surface area contributed by atoms with E-state index in [0.717, 1.165) is 28.4 Å². The van der Waals surface area contributed by atoms with E-state index in [1.165, 1.54) is 16.3 Å². The van der Waals surface area contributed by atoms with E-state index in [4.69, 9.17) is 0 Å². The molecule has 5 rings (SSSR count). The molecular weight excluding hydrogens is 263 g/mol. The van der Waals surface area contributed by atoms with Gasteiger partial charge in [0.05, 0.1) is 11.7 Å². The zero-order chi connectivity index (χ0) is 14.0. The molecule has 1 aromatic heterocycles. The number of benzene rings is 3. The maximum atomic E-state index is 13.6. The lowest BCUT2D eigenvalue weighted by atomic mass is 10.0. The van der Waals surface area contributed by atoms with Gasteiger partial charge in [0.15, 0.2) is 0 Å². The standard InChI is InChI=1S/C18H9FN2/c19-15-9-20-14-8-7-12-11-5-1-3-10-4-2-6-13(16(10)11)17(12)18(14)21-15/h1-9H. The number of hydrogen-bond donors (Lipinski definition) is 0. The summed E-state index contributed by atoms with van der Waals surface area (Å²) in [5.41, 5.74) is 5.76. The Bertz CT molecular complexity index is 1050. The Kier molecular flexibility index (Phi) is 1.89. The molecule has 0 bridgehead atoms. The van der Waals surface area contributed by atoms with E-state index < -0.39 is 5.95 Å². The molecule has 21 heavy (non-hydrogen) atoms. The van der Waals surface area contributed by atoms with Gasteiger partial charge in [0.2, 0.25) is 5.95 Å². The minimum atomic E-state index is -0.543. The highest BCUT2D eigenvalue weighted by atomic mass is 19.1. The number of nitrogens with zero attached hydrogens (tertiary/aromatic N) is 2. The summed E-state index contributed by atoms with van der Waals surface area (Å²) in [4.78, 5) is 8.24. The number of fused-ring (bicyclic) bond motifs is 5. The summed E-state index contributed by atoms with van der Waals surface area (Å²) in [5.74, 6) is -0.543. The van der Waals surface area contributed by atoms with Crippen LogP contribution in [0.5, 0.6) is 0 Å². The first kappa shape index (κ1) is 10.9. The molecule has 1 aliphatic carbocycles. The van der Waals surface area contributed by atoms with Crippen molar-refractivity contribution in [2.75, 3.05) is 0 Å². The third-order valence-electron chi connectivity index (χ3n) is 4.15. The number of rotatable bonds is 0. The summed E-state index contributed by atoms with van der Waals surface area (Å²) in [6.45, 7) is 0. The summed E-state index contributed by atoms with van der Waals surface area (Å²) in [6.07, 6.45) is 1.16. The molecule has 1 aliphatic rings. The Hall–Kier alpha value is -2.81. The van der Waals surface area contributed by atoms with E-state index in [-0.39, 0.29) is 0 Å². The van der Waals surface area contributed by atoms with Gasteiger partial charge in [-0.2, -0.15) is 4.39 Å². The van der Waals surface area contributed by atoms with Crippen LogP contribution in [0, 0.1) is 5.95 Å². The highest BCUT2D eigenvalue weighted by molar-refractivity contribution is 6.19. The molecule has 0 saturated heterocycles.